The molecule has 1 fully saturated rings. The van der Waals surface area contributed by atoms with Crippen molar-refractivity contribution < 1.29 is 22.7 Å². The molecular formula is C26H31N3O5S. The van der Waals surface area contributed by atoms with Gasteiger partial charge in [0.1, 0.15) is 5.75 Å². The molecule has 1 aromatic heterocycles. The van der Waals surface area contributed by atoms with Gasteiger partial charge in [-0.1, -0.05) is 31.4 Å². The van der Waals surface area contributed by atoms with E-state index < -0.39 is 16.1 Å². The van der Waals surface area contributed by atoms with Crippen LogP contribution in [0.4, 0.5) is 0 Å². The van der Waals surface area contributed by atoms with Crippen molar-refractivity contribution in [3.05, 3.63) is 53.1 Å². The second-order valence-corrected chi connectivity index (χ2v) is 11.1. The summed E-state index contributed by atoms with van der Waals surface area (Å²) in [4.78, 5) is 27.8. The smallest absolute Gasteiger partial charge is 0.303 e. The van der Waals surface area contributed by atoms with Gasteiger partial charge in [0.05, 0.1) is 19.2 Å². The molecule has 3 aromatic rings. The highest BCUT2D eigenvalue weighted by molar-refractivity contribution is 7.87. The molecule has 8 nitrogen and oxygen atoms in total. The lowest BCUT2D eigenvalue weighted by atomic mass is 9.81. The second-order valence-electron chi connectivity index (χ2n) is 9.19. The van der Waals surface area contributed by atoms with E-state index in [9.17, 15) is 18.0 Å². The number of carbonyl (C=O) groups excluding carboxylic acids is 2. The van der Waals surface area contributed by atoms with E-state index in [4.69, 9.17) is 4.74 Å². The molecule has 0 bridgehead atoms. The minimum atomic E-state index is -3.84. The number of amides is 1. The molecule has 0 atom stereocenters. The summed E-state index contributed by atoms with van der Waals surface area (Å²) < 4.78 is 32.3. The zero-order chi connectivity index (χ0) is 25.2. The Morgan fingerprint density at radius 1 is 1.14 bits per heavy atom. The van der Waals surface area contributed by atoms with Gasteiger partial charge in [-0.2, -0.15) is 12.7 Å². The van der Waals surface area contributed by atoms with E-state index in [0.29, 0.717) is 22.8 Å². The molecule has 2 aromatic carbocycles. The molecule has 1 amide bonds. The van der Waals surface area contributed by atoms with E-state index in [1.54, 1.807) is 13.2 Å². The average Bonchev–Trinajstić information content (AvgIpc) is 3.22. The SMILES string of the molecule is COc1ccc(-c2[nH]c3cc(CC(=O)NS(=O)(=O)N(C)C)ccc3c2C2CCCCC2)c(C=O)c1. The standard InChI is InChI=1S/C26H31N3O5S/c1-29(2)35(32,33)28-24(31)14-17-9-11-22-23(13-17)27-26(25(22)18-7-5-4-6-8-18)21-12-10-20(34-3)15-19(21)16-30/h9-13,15-16,18,27H,4-8,14H2,1-3H3,(H,28,31). The third kappa shape index (κ3) is 5.26. The molecule has 2 N–H and O–H groups in total. The van der Waals surface area contributed by atoms with E-state index in [1.807, 2.05) is 30.3 Å². The zero-order valence-electron chi connectivity index (χ0n) is 20.3. The number of carbonyl (C=O) groups is 2. The summed E-state index contributed by atoms with van der Waals surface area (Å²) in [7, 11) is 0.452. The molecular weight excluding hydrogens is 466 g/mol. The average molecular weight is 498 g/mol. The van der Waals surface area contributed by atoms with Crippen LogP contribution in [0.15, 0.2) is 36.4 Å². The Morgan fingerprint density at radius 3 is 2.54 bits per heavy atom. The Bertz CT molecular complexity index is 1350. The predicted octanol–water partition coefficient (Wildman–Crippen LogP) is 4.17. The monoisotopic (exact) mass is 497 g/mol. The lowest BCUT2D eigenvalue weighted by Crippen LogP contribution is -2.40. The first-order valence-electron chi connectivity index (χ1n) is 11.7. The summed E-state index contributed by atoms with van der Waals surface area (Å²) in [5, 5.41) is 1.06. The lowest BCUT2D eigenvalue weighted by molar-refractivity contribution is -0.118. The number of nitrogens with zero attached hydrogens (tertiary/aromatic N) is 1. The minimum Gasteiger partial charge on any atom is -0.497 e. The highest BCUT2D eigenvalue weighted by atomic mass is 32.2. The minimum absolute atomic E-state index is 0.0712. The van der Waals surface area contributed by atoms with Crippen molar-refractivity contribution in [1.82, 2.24) is 14.0 Å². The van der Waals surface area contributed by atoms with Crippen LogP contribution in [0.1, 0.15) is 59.5 Å². The molecule has 35 heavy (non-hydrogen) atoms. The van der Waals surface area contributed by atoms with Crippen LogP contribution in [0.5, 0.6) is 5.75 Å². The highest BCUT2D eigenvalue weighted by Crippen LogP contribution is 2.43. The number of aromatic amines is 1. The van der Waals surface area contributed by atoms with Crippen molar-refractivity contribution in [3.8, 4) is 17.0 Å². The fourth-order valence-corrected chi connectivity index (χ4v) is 5.40. The molecule has 0 spiro atoms. The van der Waals surface area contributed by atoms with Gasteiger partial charge in [-0.25, -0.2) is 4.72 Å². The first-order chi connectivity index (χ1) is 16.7. The van der Waals surface area contributed by atoms with E-state index >= 15 is 0 Å². The number of aldehydes is 1. The van der Waals surface area contributed by atoms with Crippen LogP contribution in [0.3, 0.4) is 0 Å². The summed E-state index contributed by atoms with van der Waals surface area (Å²) >= 11 is 0. The second kappa shape index (κ2) is 10.2. The van der Waals surface area contributed by atoms with Gasteiger partial charge < -0.3 is 9.72 Å². The lowest BCUT2D eigenvalue weighted by Gasteiger charge is -2.23. The van der Waals surface area contributed by atoms with Crippen LogP contribution >= 0.6 is 0 Å². The van der Waals surface area contributed by atoms with Gasteiger partial charge in [0.2, 0.25) is 5.91 Å². The maximum Gasteiger partial charge on any atom is 0.303 e. The first kappa shape index (κ1) is 24.9. The number of H-pyrrole nitrogens is 1. The first-order valence-corrected chi connectivity index (χ1v) is 13.2. The van der Waals surface area contributed by atoms with Gasteiger partial charge in [0, 0.05) is 36.1 Å². The summed E-state index contributed by atoms with van der Waals surface area (Å²) in [6.07, 6.45) is 6.49. The number of methoxy groups -OCH3 is 1. The van der Waals surface area contributed by atoms with Gasteiger partial charge in [0.25, 0.3) is 0 Å². The maximum atomic E-state index is 12.4. The van der Waals surface area contributed by atoms with E-state index in [0.717, 1.165) is 45.6 Å². The molecule has 1 aliphatic rings. The van der Waals surface area contributed by atoms with Crippen molar-refractivity contribution in [2.45, 2.75) is 44.4 Å². The number of benzene rings is 2. The number of hydrogen-bond donors (Lipinski definition) is 2. The van der Waals surface area contributed by atoms with Gasteiger partial charge >= 0.3 is 10.2 Å². The van der Waals surface area contributed by atoms with Crippen LogP contribution in [0.2, 0.25) is 0 Å². The third-order valence-corrected chi connectivity index (χ3v) is 8.11. The molecule has 0 unspecified atom stereocenters. The van der Waals surface area contributed by atoms with Crippen LogP contribution < -0.4 is 9.46 Å². The fraction of sp³-hybridized carbons (Fsp3) is 0.385. The van der Waals surface area contributed by atoms with Gasteiger partial charge in [-0.15, -0.1) is 0 Å². The van der Waals surface area contributed by atoms with Crippen molar-refractivity contribution in [2.75, 3.05) is 21.2 Å². The van der Waals surface area contributed by atoms with Crippen LogP contribution in [-0.2, 0) is 21.4 Å². The van der Waals surface area contributed by atoms with Gasteiger partial charge in [-0.3, -0.25) is 9.59 Å². The predicted molar refractivity (Wildman–Crippen MR) is 136 cm³/mol. The fourth-order valence-electron chi connectivity index (χ4n) is 4.85. The number of ether oxygens (including phenoxy) is 1. The zero-order valence-corrected chi connectivity index (χ0v) is 21.1. The van der Waals surface area contributed by atoms with Crippen molar-refractivity contribution in [2.24, 2.45) is 0 Å². The molecule has 9 heteroatoms. The molecule has 4 rings (SSSR count). The molecule has 1 aliphatic carbocycles. The normalized spacial score (nSPS) is 14.9. The number of rotatable bonds is 8. The topological polar surface area (TPSA) is 109 Å². The van der Waals surface area contributed by atoms with Crippen LogP contribution in [-0.4, -0.2) is 51.1 Å². The number of nitrogens with one attached hydrogen (secondary N) is 2. The van der Waals surface area contributed by atoms with Crippen molar-refractivity contribution in [1.29, 1.82) is 0 Å². The molecule has 0 saturated heterocycles. The molecule has 186 valence electrons. The summed E-state index contributed by atoms with van der Waals surface area (Å²) in [5.41, 5.74) is 5.01. The van der Waals surface area contributed by atoms with Crippen molar-refractivity contribution >= 4 is 33.3 Å². The summed E-state index contributed by atoms with van der Waals surface area (Å²) in [6.45, 7) is 0. The Labute approximate surface area is 205 Å². The van der Waals surface area contributed by atoms with Crippen LogP contribution in [0, 0.1) is 0 Å². The Kier molecular flexibility index (Phi) is 7.28. The quantitative estimate of drug-likeness (QED) is 0.454. The van der Waals surface area contributed by atoms with Gasteiger partial charge in [0.15, 0.2) is 6.29 Å². The maximum absolute atomic E-state index is 12.4. The Morgan fingerprint density at radius 2 is 1.89 bits per heavy atom. The van der Waals surface area contributed by atoms with E-state index in [-0.39, 0.29) is 6.42 Å². The van der Waals surface area contributed by atoms with E-state index in [2.05, 4.69) is 9.71 Å². The van der Waals surface area contributed by atoms with E-state index in [1.165, 1.54) is 38.9 Å². The van der Waals surface area contributed by atoms with Crippen LogP contribution in [0.25, 0.3) is 22.2 Å². The highest BCUT2D eigenvalue weighted by Gasteiger charge is 2.25. The molecule has 0 radical (unpaired) electrons. The summed E-state index contributed by atoms with van der Waals surface area (Å²) in [6, 6.07) is 11.2. The molecule has 1 saturated carbocycles. The van der Waals surface area contributed by atoms with Gasteiger partial charge in [-0.05, 0) is 54.2 Å². The molecule has 0 aliphatic heterocycles. The third-order valence-electron chi connectivity index (χ3n) is 6.66. The Balaban J connectivity index is 1.77. The molecule has 1 heterocycles. The number of aromatic nitrogens is 1. The number of fused-ring (bicyclic) bond motifs is 1. The Hall–Kier alpha value is -3.17. The van der Waals surface area contributed by atoms with Crippen molar-refractivity contribution in [3.63, 3.8) is 0 Å². The number of hydrogen-bond acceptors (Lipinski definition) is 5. The largest absolute Gasteiger partial charge is 0.497 e. The summed E-state index contributed by atoms with van der Waals surface area (Å²) in [5.74, 6) is 0.386.